The quantitative estimate of drug-likeness (QED) is 0.796. The first-order valence-electron chi connectivity index (χ1n) is 7.03. The van der Waals surface area contributed by atoms with Crippen LogP contribution in [0.2, 0.25) is 0 Å². The molecule has 2 rings (SSSR count). The number of benzene rings is 1. The maximum Gasteiger partial charge on any atom is 0.138 e. The summed E-state index contributed by atoms with van der Waals surface area (Å²) in [5.41, 5.74) is 1.34. The first-order chi connectivity index (χ1) is 9.80. The lowest BCUT2D eigenvalue weighted by molar-refractivity contribution is 0.504. The second-order valence-corrected chi connectivity index (χ2v) is 5.40. The van der Waals surface area contributed by atoms with Crippen LogP contribution < -0.4 is 5.32 Å². The molecule has 20 heavy (non-hydrogen) atoms. The fraction of sp³-hybridized carbons (Fsp3) is 0.467. The van der Waals surface area contributed by atoms with Crippen molar-refractivity contribution in [2.45, 2.75) is 37.8 Å². The molecule has 1 aromatic carbocycles. The fourth-order valence-electron chi connectivity index (χ4n) is 2.39. The molecule has 2 aromatic rings. The number of nitrogens with one attached hydrogen (secondary N) is 1. The van der Waals surface area contributed by atoms with Crippen LogP contribution in [0.4, 0.5) is 0 Å². The van der Waals surface area contributed by atoms with Crippen molar-refractivity contribution in [1.29, 1.82) is 0 Å². The van der Waals surface area contributed by atoms with E-state index < -0.39 is 0 Å². The number of hydrogen-bond acceptors (Lipinski definition) is 4. The normalized spacial score (nSPS) is 12.6. The molecule has 1 unspecified atom stereocenters. The molecule has 0 amide bonds. The summed E-state index contributed by atoms with van der Waals surface area (Å²) < 4.78 is 1.96. The van der Waals surface area contributed by atoms with Crippen LogP contribution in [0, 0.1) is 0 Å². The molecular formula is C15H22N4S. The van der Waals surface area contributed by atoms with Crippen molar-refractivity contribution < 1.29 is 0 Å². The Balaban J connectivity index is 2.27. The number of hydrogen-bond donors (Lipinski definition) is 1. The molecule has 4 nitrogen and oxygen atoms in total. The van der Waals surface area contributed by atoms with Crippen molar-refractivity contribution in [3.8, 4) is 0 Å². The van der Waals surface area contributed by atoms with E-state index in [1.807, 2.05) is 4.68 Å². The predicted octanol–water partition coefficient (Wildman–Crippen LogP) is 2.91. The predicted molar refractivity (Wildman–Crippen MR) is 84.0 cm³/mol. The number of nitrogens with zero attached hydrogens (tertiary/aromatic N) is 3. The highest BCUT2D eigenvalue weighted by Crippen LogP contribution is 2.27. The lowest BCUT2D eigenvalue weighted by Crippen LogP contribution is -2.25. The summed E-state index contributed by atoms with van der Waals surface area (Å²) in [7, 11) is 0. The molecule has 0 aliphatic carbocycles. The summed E-state index contributed by atoms with van der Waals surface area (Å²) in [5.74, 6) is 1.04. The Morgan fingerprint density at radius 2 is 2.10 bits per heavy atom. The van der Waals surface area contributed by atoms with Crippen LogP contribution in [0.3, 0.4) is 0 Å². The van der Waals surface area contributed by atoms with Crippen molar-refractivity contribution in [2.75, 3.05) is 12.8 Å². The molecule has 0 saturated heterocycles. The number of aromatic nitrogens is 3. The highest BCUT2D eigenvalue weighted by molar-refractivity contribution is 7.98. The molecule has 0 saturated carbocycles. The maximum atomic E-state index is 4.40. The van der Waals surface area contributed by atoms with Gasteiger partial charge in [0, 0.05) is 23.9 Å². The van der Waals surface area contributed by atoms with Crippen LogP contribution in [0.25, 0.3) is 0 Å². The molecule has 5 heteroatoms. The van der Waals surface area contributed by atoms with Gasteiger partial charge in [0.1, 0.15) is 12.2 Å². The third-order valence-electron chi connectivity index (χ3n) is 3.35. The van der Waals surface area contributed by atoms with Crippen LogP contribution in [0.1, 0.15) is 31.3 Å². The Kier molecular flexibility index (Phi) is 5.61. The lowest BCUT2D eigenvalue weighted by Gasteiger charge is -2.20. The van der Waals surface area contributed by atoms with Crippen molar-refractivity contribution >= 4 is 11.8 Å². The van der Waals surface area contributed by atoms with Gasteiger partial charge >= 0.3 is 0 Å². The fourth-order valence-corrected chi connectivity index (χ4v) is 3.05. The average Bonchev–Trinajstić information content (AvgIpc) is 2.94. The van der Waals surface area contributed by atoms with Gasteiger partial charge in [0.2, 0.25) is 0 Å². The van der Waals surface area contributed by atoms with E-state index in [9.17, 15) is 0 Å². The van der Waals surface area contributed by atoms with E-state index in [4.69, 9.17) is 0 Å². The van der Waals surface area contributed by atoms with E-state index in [1.54, 1.807) is 18.1 Å². The van der Waals surface area contributed by atoms with E-state index in [0.717, 1.165) is 25.3 Å². The topological polar surface area (TPSA) is 42.7 Å². The molecule has 0 bridgehead atoms. The number of thioether (sulfide) groups is 1. The third kappa shape index (κ3) is 3.41. The molecule has 0 aliphatic rings. The Labute approximate surface area is 125 Å². The summed E-state index contributed by atoms with van der Waals surface area (Å²) in [6.45, 7) is 6.03. The minimum absolute atomic E-state index is 0.276. The first kappa shape index (κ1) is 15.1. The molecule has 0 fully saturated rings. The molecular weight excluding hydrogens is 268 g/mol. The zero-order valence-electron chi connectivity index (χ0n) is 12.3. The van der Waals surface area contributed by atoms with Gasteiger partial charge in [-0.2, -0.15) is 5.10 Å². The van der Waals surface area contributed by atoms with Crippen molar-refractivity contribution in [3.05, 3.63) is 42.0 Å². The van der Waals surface area contributed by atoms with Crippen LogP contribution in [-0.2, 0) is 13.0 Å². The van der Waals surface area contributed by atoms with Crippen molar-refractivity contribution in [3.63, 3.8) is 0 Å². The van der Waals surface area contributed by atoms with Gasteiger partial charge in [-0.25, -0.2) is 4.98 Å². The summed E-state index contributed by atoms with van der Waals surface area (Å²) in [4.78, 5) is 5.72. The summed E-state index contributed by atoms with van der Waals surface area (Å²) >= 11 is 1.79. The average molecular weight is 290 g/mol. The van der Waals surface area contributed by atoms with Gasteiger partial charge in [0.15, 0.2) is 0 Å². The van der Waals surface area contributed by atoms with E-state index in [2.05, 4.69) is 59.8 Å². The molecule has 0 spiro atoms. The number of rotatable bonds is 7. The zero-order valence-corrected chi connectivity index (χ0v) is 13.2. The molecule has 1 heterocycles. The Morgan fingerprint density at radius 1 is 1.30 bits per heavy atom. The third-order valence-corrected chi connectivity index (χ3v) is 4.16. The van der Waals surface area contributed by atoms with Crippen LogP contribution >= 0.6 is 11.8 Å². The molecule has 1 atom stereocenters. The second-order valence-electron chi connectivity index (χ2n) is 4.55. The summed E-state index contributed by atoms with van der Waals surface area (Å²) in [6.07, 6.45) is 4.62. The van der Waals surface area contributed by atoms with Gasteiger partial charge in [-0.15, -0.1) is 11.8 Å². The second kappa shape index (κ2) is 7.45. The SMILES string of the molecule is CCNC(Cc1ncnn1CC)c1ccccc1SC. The number of likely N-dealkylation sites (N-methyl/N-ethyl adjacent to an activating group) is 1. The van der Waals surface area contributed by atoms with Gasteiger partial charge in [-0.3, -0.25) is 4.68 Å². The van der Waals surface area contributed by atoms with Crippen LogP contribution in [-0.4, -0.2) is 27.6 Å². The summed E-state index contributed by atoms with van der Waals surface area (Å²) in [5, 5.41) is 7.83. The Hall–Kier alpha value is -1.33. The highest BCUT2D eigenvalue weighted by atomic mass is 32.2. The van der Waals surface area contributed by atoms with Crippen LogP contribution in [0.5, 0.6) is 0 Å². The van der Waals surface area contributed by atoms with Gasteiger partial charge in [0.05, 0.1) is 0 Å². The van der Waals surface area contributed by atoms with Crippen molar-refractivity contribution in [1.82, 2.24) is 20.1 Å². The van der Waals surface area contributed by atoms with E-state index in [1.165, 1.54) is 10.5 Å². The minimum Gasteiger partial charge on any atom is -0.310 e. The molecule has 1 N–H and O–H groups in total. The Morgan fingerprint density at radius 3 is 2.80 bits per heavy atom. The van der Waals surface area contributed by atoms with Crippen molar-refractivity contribution in [2.24, 2.45) is 0 Å². The molecule has 0 aliphatic heterocycles. The molecule has 108 valence electrons. The van der Waals surface area contributed by atoms with Gasteiger partial charge in [0.25, 0.3) is 0 Å². The maximum absolute atomic E-state index is 4.40. The lowest BCUT2D eigenvalue weighted by atomic mass is 10.0. The smallest absolute Gasteiger partial charge is 0.138 e. The van der Waals surface area contributed by atoms with E-state index >= 15 is 0 Å². The summed E-state index contributed by atoms with van der Waals surface area (Å²) in [6, 6.07) is 8.84. The standard InChI is InChI=1S/C15H22N4S/c1-4-16-13(10-15-17-11-18-19(15)5-2)12-8-6-7-9-14(12)20-3/h6-9,11,13,16H,4-5,10H2,1-3H3. The molecule has 1 aromatic heterocycles. The number of aryl methyl sites for hydroxylation is 1. The van der Waals surface area contributed by atoms with Crippen LogP contribution in [0.15, 0.2) is 35.5 Å². The Bertz CT molecular complexity index is 538. The van der Waals surface area contributed by atoms with Gasteiger partial charge in [-0.05, 0) is 31.4 Å². The van der Waals surface area contributed by atoms with E-state index in [-0.39, 0.29) is 6.04 Å². The van der Waals surface area contributed by atoms with E-state index in [0.29, 0.717) is 0 Å². The monoisotopic (exact) mass is 290 g/mol. The molecule has 0 radical (unpaired) electrons. The van der Waals surface area contributed by atoms with Gasteiger partial charge in [-0.1, -0.05) is 25.1 Å². The minimum atomic E-state index is 0.276. The first-order valence-corrected chi connectivity index (χ1v) is 8.25. The van der Waals surface area contributed by atoms with Gasteiger partial charge < -0.3 is 5.32 Å². The zero-order chi connectivity index (χ0) is 14.4. The highest BCUT2D eigenvalue weighted by Gasteiger charge is 2.17. The largest absolute Gasteiger partial charge is 0.310 e.